The van der Waals surface area contributed by atoms with E-state index in [0.29, 0.717) is 0 Å². The van der Waals surface area contributed by atoms with Gasteiger partial charge in [-0.25, -0.2) is 0 Å². The molecule has 0 aliphatic carbocycles. The molecule has 0 rings (SSSR count). The van der Waals surface area contributed by atoms with Gasteiger partial charge in [-0.2, -0.15) is 0 Å². The Balaban J connectivity index is 3.29. The molecule has 0 aliphatic rings. The topological polar surface area (TPSA) is 47.9 Å². The number of aliphatic hydroxyl groups is 1. The van der Waals surface area contributed by atoms with E-state index in [0.717, 1.165) is 12.8 Å². The summed E-state index contributed by atoms with van der Waals surface area (Å²) in [5.41, 5.74) is 3.78. The number of hydrogen-bond donors (Lipinski definition) is 2. The zero-order valence-electron chi connectivity index (χ0n) is 5.72. The van der Waals surface area contributed by atoms with Gasteiger partial charge < -0.3 is 10.8 Å². The predicted molar refractivity (Wildman–Crippen MR) is 33.3 cm³/mol. The third-order valence-electron chi connectivity index (χ3n) is 1.49. The molecule has 0 heterocycles. The number of aliphatic hydroxyl groups excluding tert-OH is 1. The molecule has 0 aromatic rings. The lowest BCUT2D eigenvalue weighted by Crippen LogP contribution is -2.65. The second-order valence-electron chi connectivity index (χ2n) is 2.14. The van der Waals surface area contributed by atoms with Gasteiger partial charge in [0.2, 0.25) is 0 Å². The lowest BCUT2D eigenvalue weighted by molar-refractivity contribution is -0.438. The molecule has 0 aromatic carbocycles. The van der Waals surface area contributed by atoms with E-state index < -0.39 is 0 Å². The molecule has 0 spiro atoms. The smallest absolute Gasteiger partial charge is 0.110 e. The Kier molecular flexibility index (Phi) is 3.83. The van der Waals surface area contributed by atoms with Gasteiger partial charge >= 0.3 is 0 Å². The van der Waals surface area contributed by atoms with Gasteiger partial charge in [0.05, 0.1) is 0 Å². The molecular formula is C6H16NO+. The zero-order chi connectivity index (χ0) is 6.57. The van der Waals surface area contributed by atoms with Crippen LogP contribution in [-0.4, -0.2) is 17.3 Å². The van der Waals surface area contributed by atoms with E-state index >= 15 is 0 Å². The van der Waals surface area contributed by atoms with Crippen molar-refractivity contribution < 1.29 is 10.8 Å². The second-order valence-corrected chi connectivity index (χ2v) is 2.14. The maximum Gasteiger partial charge on any atom is 0.110 e. The van der Waals surface area contributed by atoms with E-state index in [1.54, 1.807) is 0 Å². The van der Waals surface area contributed by atoms with Crippen LogP contribution in [0.15, 0.2) is 0 Å². The molecule has 4 N–H and O–H groups in total. The summed E-state index contributed by atoms with van der Waals surface area (Å²) in [6.07, 6.45) is 1.59. The highest BCUT2D eigenvalue weighted by atomic mass is 16.3. The quantitative estimate of drug-likeness (QED) is 0.528. The number of hydrogen-bond acceptors (Lipinski definition) is 1. The molecule has 2 heteroatoms. The van der Waals surface area contributed by atoms with Crippen molar-refractivity contribution in [3.63, 3.8) is 0 Å². The molecule has 0 fully saturated rings. The monoisotopic (exact) mass is 118 g/mol. The molecule has 2 nitrogen and oxygen atoms in total. The molecule has 2 unspecified atom stereocenters. The lowest BCUT2D eigenvalue weighted by atomic mass is 10.1. The Morgan fingerprint density at radius 2 is 1.88 bits per heavy atom. The van der Waals surface area contributed by atoms with Gasteiger partial charge in [-0.15, -0.1) is 0 Å². The van der Waals surface area contributed by atoms with Crippen molar-refractivity contribution in [2.24, 2.45) is 0 Å². The summed E-state index contributed by atoms with van der Waals surface area (Å²) < 4.78 is 0. The van der Waals surface area contributed by atoms with Gasteiger partial charge in [-0.05, 0) is 12.8 Å². The summed E-state index contributed by atoms with van der Waals surface area (Å²) >= 11 is 0. The standard InChI is InChI=1S/C6H15NO/c1-3-5(7)6(8)4-2/h5-6,8H,3-4,7H2,1-2H3/p+1. The SMILES string of the molecule is CCC([NH3+])C(O)CC. The lowest BCUT2D eigenvalue weighted by Gasteiger charge is -2.10. The van der Waals surface area contributed by atoms with Gasteiger partial charge in [0, 0.05) is 0 Å². The Hall–Kier alpha value is -0.0800. The largest absolute Gasteiger partial charge is 0.387 e. The zero-order valence-corrected chi connectivity index (χ0v) is 5.72. The van der Waals surface area contributed by atoms with Crippen molar-refractivity contribution >= 4 is 0 Å². The normalized spacial score (nSPS) is 18.0. The van der Waals surface area contributed by atoms with Crippen molar-refractivity contribution in [3.8, 4) is 0 Å². The minimum atomic E-state index is -0.194. The van der Waals surface area contributed by atoms with Gasteiger partial charge in [0.15, 0.2) is 0 Å². The first-order valence-corrected chi connectivity index (χ1v) is 3.23. The van der Waals surface area contributed by atoms with Crippen LogP contribution < -0.4 is 5.73 Å². The van der Waals surface area contributed by atoms with Gasteiger partial charge in [0.1, 0.15) is 12.1 Å². The molecule has 2 atom stereocenters. The Labute approximate surface area is 50.7 Å². The maximum atomic E-state index is 9.06. The average molecular weight is 118 g/mol. The van der Waals surface area contributed by atoms with E-state index in [1.165, 1.54) is 0 Å². The molecule has 8 heavy (non-hydrogen) atoms. The van der Waals surface area contributed by atoms with Crippen LogP contribution in [0.2, 0.25) is 0 Å². The minimum Gasteiger partial charge on any atom is -0.387 e. The summed E-state index contributed by atoms with van der Waals surface area (Å²) in [7, 11) is 0. The molecule has 0 saturated carbocycles. The second kappa shape index (κ2) is 3.87. The molecule has 0 bridgehead atoms. The molecule has 0 aliphatic heterocycles. The molecule has 0 saturated heterocycles. The van der Waals surface area contributed by atoms with Gasteiger partial charge in [-0.3, -0.25) is 0 Å². The first-order valence-electron chi connectivity index (χ1n) is 3.23. The minimum absolute atomic E-state index is 0.194. The molecule has 0 radical (unpaired) electrons. The van der Waals surface area contributed by atoms with E-state index in [4.69, 9.17) is 5.11 Å². The van der Waals surface area contributed by atoms with Crippen LogP contribution in [0.3, 0.4) is 0 Å². The Morgan fingerprint density at radius 3 is 2.00 bits per heavy atom. The third-order valence-corrected chi connectivity index (χ3v) is 1.49. The Morgan fingerprint density at radius 1 is 1.38 bits per heavy atom. The van der Waals surface area contributed by atoms with Crippen molar-refractivity contribution in [2.45, 2.75) is 38.8 Å². The van der Waals surface area contributed by atoms with Gasteiger partial charge in [0.25, 0.3) is 0 Å². The summed E-state index contributed by atoms with van der Waals surface area (Å²) in [5.74, 6) is 0. The predicted octanol–water partition coefficient (Wildman–Crippen LogP) is -0.222. The molecular weight excluding hydrogens is 102 g/mol. The first kappa shape index (κ1) is 7.92. The summed E-state index contributed by atoms with van der Waals surface area (Å²) in [6.45, 7) is 4.01. The van der Waals surface area contributed by atoms with Crippen molar-refractivity contribution in [1.29, 1.82) is 0 Å². The van der Waals surface area contributed by atoms with Crippen LogP contribution >= 0.6 is 0 Å². The van der Waals surface area contributed by atoms with Crippen LogP contribution in [0, 0.1) is 0 Å². The fraction of sp³-hybridized carbons (Fsp3) is 1.00. The van der Waals surface area contributed by atoms with Crippen LogP contribution in [0.5, 0.6) is 0 Å². The van der Waals surface area contributed by atoms with Crippen LogP contribution in [0.4, 0.5) is 0 Å². The van der Waals surface area contributed by atoms with Crippen LogP contribution in [0.1, 0.15) is 26.7 Å². The third kappa shape index (κ3) is 2.28. The Bertz CT molecular complexity index is 48.5. The fourth-order valence-electron chi connectivity index (χ4n) is 0.605. The summed E-state index contributed by atoms with van der Waals surface area (Å²) in [4.78, 5) is 0. The van der Waals surface area contributed by atoms with Crippen molar-refractivity contribution in [3.05, 3.63) is 0 Å². The molecule has 0 aromatic heterocycles. The average Bonchev–Trinajstić information content (AvgIpc) is 1.84. The summed E-state index contributed by atoms with van der Waals surface area (Å²) in [6, 6.07) is 0.222. The number of quaternary nitrogens is 1. The van der Waals surface area contributed by atoms with E-state index in [1.807, 2.05) is 13.8 Å². The van der Waals surface area contributed by atoms with Crippen LogP contribution in [0.25, 0.3) is 0 Å². The van der Waals surface area contributed by atoms with Gasteiger partial charge in [-0.1, -0.05) is 13.8 Å². The van der Waals surface area contributed by atoms with E-state index in [-0.39, 0.29) is 12.1 Å². The molecule has 50 valence electrons. The first-order chi connectivity index (χ1) is 3.72. The van der Waals surface area contributed by atoms with Crippen molar-refractivity contribution in [1.82, 2.24) is 0 Å². The van der Waals surface area contributed by atoms with E-state index in [9.17, 15) is 0 Å². The number of rotatable bonds is 3. The van der Waals surface area contributed by atoms with Crippen molar-refractivity contribution in [2.75, 3.05) is 0 Å². The fourth-order valence-corrected chi connectivity index (χ4v) is 0.605. The summed E-state index contributed by atoms with van der Waals surface area (Å²) in [5, 5.41) is 9.06. The highest BCUT2D eigenvalue weighted by Gasteiger charge is 2.12. The highest BCUT2D eigenvalue weighted by Crippen LogP contribution is 1.95. The van der Waals surface area contributed by atoms with E-state index in [2.05, 4.69) is 5.73 Å². The molecule has 0 amide bonds. The highest BCUT2D eigenvalue weighted by molar-refractivity contribution is 4.60. The van der Waals surface area contributed by atoms with Crippen LogP contribution in [-0.2, 0) is 0 Å². The maximum absolute atomic E-state index is 9.06.